The van der Waals surface area contributed by atoms with Crippen LogP contribution >= 0.6 is 0 Å². The van der Waals surface area contributed by atoms with Crippen LogP contribution in [-0.2, 0) is 4.79 Å². The molecule has 0 aromatic heterocycles. The molecule has 0 spiro atoms. The molecule has 136 valence electrons. The van der Waals surface area contributed by atoms with Gasteiger partial charge in [-0.15, -0.1) is 0 Å². The van der Waals surface area contributed by atoms with Crippen molar-refractivity contribution in [1.29, 1.82) is 0 Å². The fourth-order valence-electron chi connectivity index (χ4n) is 2.33. The first-order chi connectivity index (χ1) is 11.7. The zero-order chi connectivity index (χ0) is 17.9. The highest BCUT2D eigenvalue weighted by Gasteiger charge is 2.12. The summed E-state index contributed by atoms with van der Waals surface area (Å²) in [7, 11) is 0. The fraction of sp³-hybridized carbons (Fsp3) is 0.591. The van der Waals surface area contributed by atoms with Gasteiger partial charge in [0.2, 0.25) is 0 Å². The largest absolute Gasteiger partial charge is 0.481 e. The average molecular weight is 333 g/mol. The number of carbonyl (C=O) groups is 1. The van der Waals surface area contributed by atoms with Gasteiger partial charge in [0.05, 0.1) is 5.92 Å². The molecule has 1 N–H and O–H groups in total. The molecular formula is C22H36O2. The van der Waals surface area contributed by atoms with Crippen molar-refractivity contribution in [2.45, 2.75) is 78.1 Å². The Morgan fingerprint density at radius 3 is 1.75 bits per heavy atom. The summed E-state index contributed by atoms with van der Waals surface area (Å²) in [5, 5.41) is 8.95. The van der Waals surface area contributed by atoms with E-state index in [1.165, 1.54) is 19.3 Å². The van der Waals surface area contributed by atoms with Crippen LogP contribution in [-0.4, -0.2) is 11.1 Å². The van der Waals surface area contributed by atoms with Crippen LogP contribution in [0.5, 0.6) is 0 Å². The van der Waals surface area contributed by atoms with Gasteiger partial charge < -0.3 is 5.11 Å². The third-order valence-electron chi connectivity index (χ3n) is 3.96. The van der Waals surface area contributed by atoms with E-state index in [4.69, 9.17) is 5.11 Å². The van der Waals surface area contributed by atoms with E-state index < -0.39 is 5.97 Å². The molecule has 0 heterocycles. The molecule has 0 aliphatic heterocycles. The summed E-state index contributed by atoms with van der Waals surface area (Å²) < 4.78 is 0. The lowest BCUT2D eigenvalue weighted by molar-refractivity contribution is -0.142. The zero-order valence-electron chi connectivity index (χ0n) is 15.6. The van der Waals surface area contributed by atoms with Crippen molar-refractivity contribution in [3.05, 3.63) is 48.6 Å². The number of carboxylic acid groups (broad SMARTS) is 1. The van der Waals surface area contributed by atoms with Gasteiger partial charge in [-0.3, -0.25) is 4.79 Å². The second-order valence-electron chi connectivity index (χ2n) is 6.10. The summed E-state index contributed by atoms with van der Waals surface area (Å²) in [4.78, 5) is 10.9. The molecule has 0 aliphatic carbocycles. The number of allylic oxidation sites excluding steroid dienone is 8. The van der Waals surface area contributed by atoms with E-state index in [1.807, 2.05) is 6.92 Å². The van der Waals surface area contributed by atoms with E-state index in [1.54, 1.807) is 0 Å². The minimum atomic E-state index is -0.671. The predicted octanol–water partition coefficient (Wildman–Crippen LogP) is 6.85. The standard InChI is InChI=1S/C22H36O2/c1-3-5-6-7-8-9-10-11-12-13-14-15-16-17-18-19-20-21(4-2)22(23)24/h7-8,10-11,14-15,17-18,21H,3-6,9,12-13,16,19-20H2,1-2H3,(H,23,24)/b8-7+,11-10+,15-14+,18-17+. The van der Waals surface area contributed by atoms with E-state index in [2.05, 4.69) is 55.5 Å². The molecule has 0 aliphatic rings. The summed E-state index contributed by atoms with van der Waals surface area (Å²) in [6, 6.07) is 0. The maximum Gasteiger partial charge on any atom is 0.306 e. The molecular weight excluding hydrogens is 296 g/mol. The Bertz CT molecular complexity index is 402. The first kappa shape index (κ1) is 22.4. The predicted molar refractivity (Wildman–Crippen MR) is 105 cm³/mol. The number of rotatable bonds is 15. The fourth-order valence-corrected chi connectivity index (χ4v) is 2.33. The number of hydrogen-bond donors (Lipinski definition) is 1. The summed E-state index contributed by atoms with van der Waals surface area (Å²) in [6.07, 6.45) is 27.9. The molecule has 1 unspecified atom stereocenters. The minimum absolute atomic E-state index is 0.196. The summed E-state index contributed by atoms with van der Waals surface area (Å²) in [5.74, 6) is -0.867. The molecule has 0 aromatic carbocycles. The van der Waals surface area contributed by atoms with E-state index in [-0.39, 0.29) is 5.92 Å². The third kappa shape index (κ3) is 15.3. The molecule has 2 nitrogen and oxygen atoms in total. The van der Waals surface area contributed by atoms with Crippen molar-refractivity contribution < 1.29 is 9.90 Å². The molecule has 0 aromatic rings. The van der Waals surface area contributed by atoms with Crippen LogP contribution in [0.15, 0.2) is 48.6 Å². The van der Waals surface area contributed by atoms with E-state index in [9.17, 15) is 4.79 Å². The smallest absolute Gasteiger partial charge is 0.306 e. The van der Waals surface area contributed by atoms with Crippen LogP contribution < -0.4 is 0 Å². The van der Waals surface area contributed by atoms with Gasteiger partial charge >= 0.3 is 5.97 Å². The van der Waals surface area contributed by atoms with Crippen molar-refractivity contribution in [2.24, 2.45) is 5.92 Å². The first-order valence-corrected chi connectivity index (χ1v) is 9.55. The number of unbranched alkanes of at least 4 members (excludes halogenated alkanes) is 3. The molecule has 0 fully saturated rings. The van der Waals surface area contributed by atoms with Crippen LogP contribution in [0.3, 0.4) is 0 Å². The van der Waals surface area contributed by atoms with E-state index in [0.717, 1.165) is 38.5 Å². The highest BCUT2D eigenvalue weighted by atomic mass is 16.4. The van der Waals surface area contributed by atoms with Gasteiger partial charge in [-0.1, -0.05) is 75.3 Å². The lowest BCUT2D eigenvalue weighted by Crippen LogP contribution is -2.11. The van der Waals surface area contributed by atoms with Crippen molar-refractivity contribution in [2.75, 3.05) is 0 Å². The number of hydrogen-bond acceptors (Lipinski definition) is 1. The third-order valence-corrected chi connectivity index (χ3v) is 3.96. The summed E-state index contributed by atoms with van der Waals surface area (Å²) in [6.45, 7) is 4.15. The summed E-state index contributed by atoms with van der Waals surface area (Å²) in [5.41, 5.74) is 0. The SMILES string of the molecule is CCCC/C=C/C/C=C/CC/C=C/C/C=C/CCC(CC)C(=O)O. The van der Waals surface area contributed by atoms with Gasteiger partial charge in [0.25, 0.3) is 0 Å². The molecule has 0 rings (SSSR count). The molecule has 0 saturated heterocycles. The highest BCUT2D eigenvalue weighted by Crippen LogP contribution is 2.11. The second kappa shape index (κ2) is 17.8. The Hall–Kier alpha value is -1.57. The monoisotopic (exact) mass is 332 g/mol. The number of aliphatic carboxylic acids is 1. The Labute approximate surface area is 149 Å². The molecule has 0 radical (unpaired) electrons. The molecule has 1 atom stereocenters. The minimum Gasteiger partial charge on any atom is -0.481 e. The Morgan fingerprint density at radius 2 is 1.29 bits per heavy atom. The lowest BCUT2D eigenvalue weighted by Gasteiger charge is -2.06. The van der Waals surface area contributed by atoms with Crippen LogP contribution in [0, 0.1) is 5.92 Å². The van der Waals surface area contributed by atoms with Gasteiger partial charge in [0.1, 0.15) is 0 Å². The quantitative estimate of drug-likeness (QED) is 0.263. The first-order valence-electron chi connectivity index (χ1n) is 9.55. The summed E-state index contributed by atoms with van der Waals surface area (Å²) >= 11 is 0. The molecule has 0 amide bonds. The molecule has 2 heteroatoms. The van der Waals surface area contributed by atoms with Crippen LogP contribution in [0.25, 0.3) is 0 Å². The van der Waals surface area contributed by atoms with E-state index >= 15 is 0 Å². The van der Waals surface area contributed by atoms with Gasteiger partial charge in [-0.05, 0) is 51.4 Å². The highest BCUT2D eigenvalue weighted by molar-refractivity contribution is 5.69. The van der Waals surface area contributed by atoms with Gasteiger partial charge in [0.15, 0.2) is 0 Å². The second-order valence-corrected chi connectivity index (χ2v) is 6.10. The van der Waals surface area contributed by atoms with Crippen LogP contribution in [0.2, 0.25) is 0 Å². The zero-order valence-corrected chi connectivity index (χ0v) is 15.6. The van der Waals surface area contributed by atoms with Crippen molar-refractivity contribution in [1.82, 2.24) is 0 Å². The van der Waals surface area contributed by atoms with Crippen molar-refractivity contribution in [3.8, 4) is 0 Å². The van der Waals surface area contributed by atoms with Crippen LogP contribution in [0.4, 0.5) is 0 Å². The molecule has 0 bridgehead atoms. The maximum atomic E-state index is 10.9. The topological polar surface area (TPSA) is 37.3 Å². The van der Waals surface area contributed by atoms with Gasteiger partial charge in [0, 0.05) is 0 Å². The van der Waals surface area contributed by atoms with Gasteiger partial charge in [-0.2, -0.15) is 0 Å². The van der Waals surface area contributed by atoms with E-state index in [0.29, 0.717) is 6.42 Å². The van der Waals surface area contributed by atoms with Crippen molar-refractivity contribution in [3.63, 3.8) is 0 Å². The maximum absolute atomic E-state index is 10.9. The van der Waals surface area contributed by atoms with Crippen LogP contribution in [0.1, 0.15) is 78.1 Å². The Balaban J connectivity index is 3.54. The Kier molecular flexibility index (Phi) is 16.6. The molecule has 0 saturated carbocycles. The Morgan fingerprint density at radius 1 is 0.792 bits per heavy atom. The van der Waals surface area contributed by atoms with Gasteiger partial charge in [-0.25, -0.2) is 0 Å². The number of carboxylic acids is 1. The normalized spacial score (nSPS) is 13.8. The average Bonchev–Trinajstić information content (AvgIpc) is 2.57. The lowest BCUT2D eigenvalue weighted by atomic mass is 10.0. The van der Waals surface area contributed by atoms with Crippen molar-refractivity contribution >= 4 is 5.97 Å². The molecule has 24 heavy (non-hydrogen) atoms.